The molecule has 5 nitrogen and oxygen atoms in total. The molecular weight excluding hydrogens is 298 g/mol. The first-order valence-corrected chi connectivity index (χ1v) is 9.65. The molecule has 1 unspecified atom stereocenters. The van der Waals surface area contributed by atoms with E-state index in [0.29, 0.717) is 0 Å². The third-order valence-electron chi connectivity index (χ3n) is 5.75. The number of anilines is 1. The molecule has 1 saturated carbocycles. The fraction of sp³-hybridized carbons (Fsp3) is 0.684. The highest BCUT2D eigenvalue weighted by atomic mass is 15.3. The number of likely N-dealkylation sites (tertiary alicyclic amines) is 1. The lowest BCUT2D eigenvalue weighted by molar-refractivity contribution is 0.186. The maximum Gasteiger partial charge on any atom is 0.157 e. The van der Waals surface area contributed by atoms with Crippen molar-refractivity contribution >= 4 is 11.5 Å². The topological polar surface area (TPSA) is 45.5 Å². The molecule has 0 amide bonds. The highest BCUT2D eigenvalue weighted by molar-refractivity contribution is 5.49. The van der Waals surface area contributed by atoms with Crippen molar-refractivity contribution in [2.45, 2.75) is 57.9 Å². The van der Waals surface area contributed by atoms with Crippen LogP contribution in [0.5, 0.6) is 0 Å². The van der Waals surface area contributed by atoms with Crippen molar-refractivity contribution in [3.63, 3.8) is 0 Å². The predicted octanol–water partition coefficient (Wildman–Crippen LogP) is 3.36. The molecule has 1 aliphatic heterocycles. The van der Waals surface area contributed by atoms with Gasteiger partial charge in [0.15, 0.2) is 5.65 Å². The fourth-order valence-corrected chi connectivity index (χ4v) is 4.33. The van der Waals surface area contributed by atoms with E-state index < -0.39 is 0 Å². The van der Waals surface area contributed by atoms with Gasteiger partial charge in [-0.2, -0.15) is 9.61 Å². The van der Waals surface area contributed by atoms with Crippen LogP contribution in [0, 0.1) is 5.92 Å². The van der Waals surface area contributed by atoms with Gasteiger partial charge in [-0.1, -0.05) is 26.2 Å². The van der Waals surface area contributed by atoms with Gasteiger partial charge in [0.25, 0.3) is 0 Å². The Morgan fingerprint density at radius 1 is 1.21 bits per heavy atom. The van der Waals surface area contributed by atoms with Gasteiger partial charge in [-0.3, -0.25) is 0 Å². The molecule has 5 heteroatoms. The second kappa shape index (κ2) is 7.09. The van der Waals surface area contributed by atoms with Crippen molar-refractivity contribution in [2.75, 3.05) is 25.0 Å². The summed E-state index contributed by atoms with van der Waals surface area (Å²) in [5.74, 6) is 1.83. The molecule has 1 atom stereocenters. The molecule has 2 aromatic heterocycles. The van der Waals surface area contributed by atoms with Gasteiger partial charge in [0.05, 0.1) is 6.20 Å². The van der Waals surface area contributed by atoms with E-state index in [1.807, 2.05) is 16.8 Å². The summed E-state index contributed by atoms with van der Waals surface area (Å²) >= 11 is 0. The first-order chi connectivity index (χ1) is 11.8. The zero-order valence-corrected chi connectivity index (χ0v) is 14.7. The lowest BCUT2D eigenvalue weighted by Crippen LogP contribution is -2.35. The summed E-state index contributed by atoms with van der Waals surface area (Å²) in [5.41, 5.74) is 2.06. The van der Waals surface area contributed by atoms with Gasteiger partial charge < -0.3 is 10.2 Å². The van der Waals surface area contributed by atoms with E-state index in [4.69, 9.17) is 0 Å². The van der Waals surface area contributed by atoms with Crippen molar-refractivity contribution in [3.05, 3.63) is 24.0 Å². The standard InChI is InChI=1S/C19H29N5/c1-2-16-12-19(24-18(22-16)8-10-21-24)20-13-15-9-11-23(14-15)17-6-4-3-5-7-17/h8,10,12,15,17,20H,2-7,9,11,13-14H2,1H3. The van der Waals surface area contributed by atoms with Gasteiger partial charge >= 0.3 is 0 Å². The molecular formula is C19H29N5. The molecule has 2 aromatic rings. The molecule has 0 aromatic carbocycles. The summed E-state index contributed by atoms with van der Waals surface area (Å²) in [6.45, 7) is 5.72. The van der Waals surface area contributed by atoms with Crippen LogP contribution in [-0.4, -0.2) is 45.2 Å². The van der Waals surface area contributed by atoms with Crippen LogP contribution >= 0.6 is 0 Å². The maximum absolute atomic E-state index is 4.62. The Kier molecular flexibility index (Phi) is 4.69. The second-order valence-corrected chi connectivity index (χ2v) is 7.41. The number of fused-ring (bicyclic) bond motifs is 1. The SMILES string of the molecule is CCc1cc(NCC2CCN(C3CCCCC3)C2)n2nccc2n1. The Morgan fingerprint density at radius 2 is 2.08 bits per heavy atom. The number of hydrogen-bond donors (Lipinski definition) is 1. The Hall–Kier alpha value is -1.62. The molecule has 24 heavy (non-hydrogen) atoms. The van der Waals surface area contributed by atoms with Gasteiger partial charge in [0, 0.05) is 37.0 Å². The normalized spacial score (nSPS) is 23.1. The number of rotatable bonds is 5. The van der Waals surface area contributed by atoms with Crippen molar-refractivity contribution < 1.29 is 0 Å². The number of aryl methyl sites for hydroxylation is 1. The van der Waals surface area contributed by atoms with E-state index >= 15 is 0 Å². The molecule has 3 heterocycles. The summed E-state index contributed by atoms with van der Waals surface area (Å²) in [6.07, 6.45) is 11.2. The third kappa shape index (κ3) is 3.27. The Balaban J connectivity index is 1.38. The Labute approximate surface area is 144 Å². The number of aromatic nitrogens is 3. The minimum atomic E-state index is 0.746. The van der Waals surface area contributed by atoms with Crippen LogP contribution in [0.3, 0.4) is 0 Å². The number of nitrogens with one attached hydrogen (secondary N) is 1. The third-order valence-corrected chi connectivity index (χ3v) is 5.75. The molecule has 1 aliphatic carbocycles. The molecule has 2 aliphatic rings. The molecule has 4 rings (SSSR count). The van der Waals surface area contributed by atoms with Crippen molar-refractivity contribution in [1.29, 1.82) is 0 Å². The zero-order chi connectivity index (χ0) is 16.4. The molecule has 0 bridgehead atoms. The van der Waals surface area contributed by atoms with E-state index in [9.17, 15) is 0 Å². The summed E-state index contributed by atoms with van der Waals surface area (Å²) < 4.78 is 1.92. The second-order valence-electron chi connectivity index (χ2n) is 7.41. The lowest BCUT2D eigenvalue weighted by atomic mass is 9.94. The quantitative estimate of drug-likeness (QED) is 0.915. The van der Waals surface area contributed by atoms with Gasteiger partial charge in [0.1, 0.15) is 5.82 Å². The van der Waals surface area contributed by atoms with Crippen molar-refractivity contribution in [2.24, 2.45) is 5.92 Å². The van der Waals surface area contributed by atoms with E-state index in [1.54, 1.807) is 0 Å². The predicted molar refractivity (Wildman–Crippen MR) is 97.4 cm³/mol. The highest BCUT2D eigenvalue weighted by Crippen LogP contribution is 2.28. The van der Waals surface area contributed by atoms with Crippen molar-refractivity contribution in [1.82, 2.24) is 19.5 Å². The molecule has 0 radical (unpaired) electrons. The van der Waals surface area contributed by atoms with Crippen LogP contribution in [-0.2, 0) is 6.42 Å². The van der Waals surface area contributed by atoms with E-state index in [2.05, 4.69) is 33.3 Å². The average molecular weight is 327 g/mol. The smallest absolute Gasteiger partial charge is 0.157 e. The molecule has 1 N–H and O–H groups in total. The van der Waals surface area contributed by atoms with E-state index in [0.717, 1.165) is 42.1 Å². The van der Waals surface area contributed by atoms with Crippen LogP contribution in [0.1, 0.15) is 51.1 Å². The monoisotopic (exact) mass is 327 g/mol. The lowest BCUT2D eigenvalue weighted by Gasteiger charge is -2.31. The summed E-state index contributed by atoms with van der Waals surface area (Å²) in [6, 6.07) is 4.98. The van der Waals surface area contributed by atoms with Crippen molar-refractivity contribution in [3.8, 4) is 0 Å². The molecule has 2 fully saturated rings. The minimum absolute atomic E-state index is 0.746. The van der Waals surface area contributed by atoms with Gasteiger partial charge in [-0.25, -0.2) is 4.98 Å². The first-order valence-electron chi connectivity index (χ1n) is 9.65. The molecule has 1 saturated heterocycles. The van der Waals surface area contributed by atoms with Crippen LogP contribution in [0.4, 0.5) is 5.82 Å². The number of hydrogen-bond acceptors (Lipinski definition) is 4. The van der Waals surface area contributed by atoms with Crippen LogP contribution < -0.4 is 5.32 Å². The summed E-state index contributed by atoms with van der Waals surface area (Å²) in [5, 5.41) is 8.06. The maximum atomic E-state index is 4.62. The van der Waals surface area contributed by atoms with Crippen LogP contribution in [0.2, 0.25) is 0 Å². The van der Waals surface area contributed by atoms with E-state index in [-0.39, 0.29) is 0 Å². The first kappa shape index (κ1) is 15.9. The highest BCUT2D eigenvalue weighted by Gasteiger charge is 2.28. The minimum Gasteiger partial charge on any atom is -0.370 e. The summed E-state index contributed by atoms with van der Waals surface area (Å²) in [7, 11) is 0. The largest absolute Gasteiger partial charge is 0.370 e. The Bertz CT molecular complexity index is 673. The van der Waals surface area contributed by atoms with E-state index in [1.165, 1.54) is 51.6 Å². The van der Waals surface area contributed by atoms with Crippen LogP contribution in [0.15, 0.2) is 18.3 Å². The molecule has 130 valence electrons. The summed E-state index contributed by atoms with van der Waals surface area (Å²) in [4.78, 5) is 7.37. The Morgan fingerprint density at radius 3 is 2.92 bits per heavy atom. The zero-order valence-electron chi connectivity index (χ0n) is 14.7. The van der Waals surface area contributed by atoms with Gasteiger partial charge in [-0.15, -0.1) is 0 Å². The van der Waals surface area contributed by atoms with Gasteiger partial charge in [0.2, 0.25) is 0 Å². The number of nitrogens with zero attached hydrogens (tertiary/aromatic N) is 4. The fourth-order valence-electron chi connectivity index (χ4n) is 4.33. The van der Waals surface area contributed by atoms with Gasteiger partial charge in [-0.05, 0) is 38.1 Å². The van der Waals surface area contributed by atoms with Crippen LogP contribution in [0.25, 0.3) is 5.65 Å². The molecule has 0 spiro atoms. The average Bonchev–Trinajstić information content (AvgIpc) is 3.29.